The molecule has 7 rings (SSSR count). The summed E-state index contributed by atoms with van der Waals surface area (Å²) >= 11 is 1.86. The molecule has 0 fully saturated rings. The summed E-state index contributed by atoms with van der Waals surface area (Å²) in [6.45, 7) is 0. The maximum atomic E-state index is 6.27. The zero-order valence-electron chi connectivity index (χ0n) is 17.7. The van der Waals surface area contributed by atoms with E-state index < -0.39 is 0 Å². The summed E-state index contributed by atoms with van der Waals surface area (Å²) in [5, 5.41) is 8.43. The molecule has 0 saturated carbocycles. The molecule has 0 aliphatic heterocycles. The van der Waals surface area contributed by atoms with Crippen LogP contribution in [0.1, 0.15) is 0 Å². The highest BCUT2D eigenvalue weighted by molar-refractivity contribution is 7.26. The summed E-state index contributed by atoms with van der Waals surface area (Å²) in [4.78, 5) is 0. The number of benzene rings is 5. The minimum Gasteiger partial charge on any atom is -0.456 e. The van der Waals surface area contributed by atoms with Gasteiger partial charge in [0, 0.05) is 47.9 Å². The average Bonchev–Trinajstić information content (AvgIpc) is 3.43. The lowest BCUT2D eigenvalue weighted by atomic mass is 9.97. The summed E-state index contributed by atoms with van der Waals surface area (Å²) in [5.74, 6) is 0. The highest BCUT2D eigenvalue weighted by Crippen LogP contribution is 2.44. The number of para-hydroxylation sites is 1. The highest BCUT2D eigenvalue weighted by atomic mass is 32.1. The summed E-state index contributed by atoms with van der Waals surface area (Å²) in [6, 6.07) is 38.2. The first kappa shape index (κ1) is 18.5. The molecule has 0 aliphatic rings. The van der Waals surface area contributed by atoms with Crippen LogP contribution in [-0.4, -0.2) is 0 Å². The van der Waals surface area contributed by atoms with Gasteiger partial charge in [-0.25, -0.2) is 0 Å². The molecule has 156 valence electrons. The fourth-order valence-corrected chi connectivity index (χ4v) is 6.01. The summed E-state index contributed by atoms with van der Waals surface area (Å²) < 4.78 is 8.90. The minimum atomic E-state index is 0.902. The number of anilines is 2. The van der Waals surface area contributed by atoms with Gasteiger partial charge in [0.1, 0.15) is 11.2 Å². The van der Waals surface area contributed by atoms with Crippen LogP contribution in [0.3, 0.4) is 0 Å². The fraction of sp³-hybridized carbons (Fsp3) is 0. The van der Waals surface area contributed by atoms with Crippen LogP contribution in [0.4, 0.5) is 11.4 Å². The SMILES string of the molecule is c1ccc(Nc2ccc3oc4cccc(-c5cccc6c5sc5ccccc56)c4c3c2)cc1. The van der Waals surface area contributed by atoms with Gasteiger partial charge in [-0.1, -0.05) is 66.7 Å². The van der Waals surface area contributed by atoms with Gasteiger partial charge in [0.2, 0.25) is 0 Å². The second-order valence-corrected chi connectivity index (χ2v) is 9.32. The second kappa shape index (κ2) is 7.22. The van der Waals surface area contributed by atoms with Gasteiger partial charge >= 0.3 is 0 Å². The molecule has 0 amide bonds. The molecule has 5 aromatic carbocycles. The Hall–Kier alpha value is -4.08. The van der Waals surface area contributed by atoms with E-state index in [1.165, 1.54) is 31.3 Å². The number of rotatable bonds is 3. The van der Waals surface area contributed by atoms with Crippen LogP contribution in [0.25, 0.3) is 53.2 Å². The number of fused-ring (bicyclic) bond motifs is 6. The monoisotopic (exact) mass is 441 g/mol. The third-order valence-corrected chi connectivity index (χ3v) is 7.47. The van der Waals surface area contributed by atoms with Gasteiger partial charge < -0.3 is 9.73 Å². The molecular weight excluding hydrogens is 422 g/mol. The summed E-state index contributed by atoms with van der Waals surface area (Å²) in [7, 11) is 0. The summed E-state index contributed by atoms with van der Waals surface area (Å²) in [5.41, 5.74) is 6.40. The number of hydrogen-bond donors (Lipinski definition) is 1. The number of hydrogen-bond acceptors (Lipinski definition) is 3. The Bertz CT molecular complexity index is 1790. The largest absolute Gasteiger partial charge is 0.456 e. The third kappa shape index (κ3) is 2.94. The van der Waals surface area contributed by atoms with Crippen molar-refractivity contribution in [3.8, 4) is 11.1 Å². The smallest absolute Gasteiger partial charge is 0.136 e. The maximum Gasteiger partial charge on any atom is 0.136 e. The van der Waals surface area contributed by atoms with E-state index in [9.17, 15) is 0 Å². The van der Waals surface area contributed by atoms with Crippen LogP contribution in [0, 0.1) is 0 Å². The van der Waals surface area contributed by atoms with Crippen LogP contribution < -0.4 is 5.32 Å². The van der Waals surface area contributed by atoms with Gasteiger partial charge in [0.05, 0.1) is 0 Å². The highest BCUT2D eigenvalue weighted by Gasteiger charge is 2.16. The molecule has 0 bridgehead atoms. The molecule has 7 aromatic rings. The molecule has 33 heavy (non-hydrogen) atoms. The quantitative estimate of drug-likeness (QED) is 0.295. The van der Waals surface area contributed by atoms with Gasteiger partial charge in [-0.05, 0) is 48.0 Å². The van der Waals surface area contributed by atoms with Gasteiger partial charge in [0.25, 0.3) is 0 Å². The van der Waals surface area contributed by atoms with Gasteiger partial charge in [-0.2, -0.15) is 0 Å². The third-order valence-electron chi connectivity index (χ3n) is 6.25. The van der Waals surface area contributed by atoms with E-state index in [2.05, 4.69) is 96.3 Å². The lowest BCUT2D eigenvalue weighted by Gasteiger charge is -2.08. The van der Waals surface area contributed by atoms with E-state index in [0.29, 0.717) is 0 Å². The fourth-order valence-electron chi connectivity index (χ4n) is 4.78. The topological polar surface area (TPSA) is 25.2 Å². The number of nitrogens with one attached hydrogen (secondary N) is 1. The molecule has 0 atom stereocenters. The first-order chi connectivity index (χ1) is 16.3. The molecular formula is C30H19NOS. The Morgan fingerprint density at radius 3 is 2.27 bits per heavy atom. The molecule has 0 unspecified atom stereocenters. The van der Waals surface area contributed by atoms with Crippen molar-refractivity contribution in [1.82, 2.24) is 0 Å². The zero-order chi connectivity index (χ0) is 21.8. The second-order valence-electron chi connectivity index (χ2n) is 8.26. The van der Waals surface area contributed by atoms with Crippen molar-refractivity contribution in [3.63, 3.8) is 0 Å². The van der Waals surface area contributed by atoms with E-state index in [1.807, 2.05) is 29.5 Å². The van der Waals surface area contributed by atoms with E-state index >= 15 is 0 Å². The van der Waals surface area contributed by atoms with Crippen molar-refractivity contribution in [2.24, 2.45) is 0 Å². The molecule has 1 N–H and O–H groups in total. The first-order valence-corrected chi connectivity index (χ1v) is 11.8. The normalized spacial score (nSPS) is 11.6. The maximum absolute atomic E-state index is 6.27. The lowest BCUT2D eigenvalue weighted by Crippen LogP contribution is -1.89. The Labute approximate surface area is 194 Å². The van der Waals surface area contributed by atoms with Crippen molar-refractivity contribution in [3.05, 3.63) is 109 Å². The Morgan fingerprint density at radius 1 is 0.545 bits per heavy atom. The molecule has 2 nitrogen and oxygen atoms in total. The summed E-state index contributed by atoms with van der Waals surface area (Å²) in [6.07, 6.45) is 0. The molecule has 3 heteroatoms. The van der Waals surface area contributed by atoms with Crippen LogP contribution in [0.5, 0.6) is 0 Å². The Kier molecular flexibility index (Phi) is 4.05. The van der Waals surface area contributed by atoms with Crippen LogP contribution in [0.2, 0.25) is 0 Å². The Balaban J connectivity index is 1.48. The standard InChI is InChI=1S/C30H19NOS/c1-2-8-19(9-3-1)31-20-16-17-26-25(18-20)29-22(11-7-14-27(29)32-26)24-13-6-12-23-21-10-4-5-15-28(21)33-30(23)24/h1-18,31H. The van der Waals surface area contributed by atoms with Crippen molar-refractivity contribution in [2.75, 3.05) is 5.32 Å². The molecule has 0 radical (unpaired) electrons. The predicted octanol–water partition coefficient (Wildman–Crippen LogP) is 9.36. The van der Waals surface area contributed by atoms with E-state index in [-0.39, 0.29) is 0 Å². The van der Waals surface area contributed by atoms with Crippen LogP contribution >= 0.6 is 11.3 Å². The van der Waals surface area contributed by atoms with E-state index in [4.69, 9.17) is 4.42 Å². The predicted molar refractivity (Wildman–Crippen MR) is 142 cm³/mol. The number of thiophene rings is 1. The van der Waals surface area contributed by atoms with E-state index in [1.54, 1.807) is 0 Å². The van der Waals surface area contributed by atoms with Crippen LogP contribution in [-0.2, 0) is 0 Å². The first-order valence-electron chi connectivity index (χ1n) is 11.0. The van der Waals surface area contributed by atoms with Crippen LogP contribution in [0.15, 0.2) is 114 Å². The van der Waals surface area contributed by atoms with Crippen molar-refractivity contribution < 1.29 is 4.42 Å². The van der Waals surface area contributed by atoms with Crippen molar-refractivity contribution >= 4 is 64.8 Å². The van der Waals surface area contributed by atoms with Gasteiger partial charge in [-0.15, -0.1) is 11.3 Å². The Morgan fingerprint density at radius 2 is 1.33 bits per heavy atom. The van der Waals surface area contributed by atoms with E-state index in [0.717, 1.165) is 33.3 Å². The van der Waals surface area contributed by atoms with Gasteiger partial charge in [-0.3, -0.25) is 0 Å². The van der Waals surface area contributed by atoms with Crippen molar-refractivity contribution in [1.29, 1.82) is 0 Å². The van der Waals surface area contributed by atoms with Gasteiger partial charge in [0.15, 0.2) is 0 Å². The molecule has 2 heterocycles. The lowest BCUT2D eigenvalue weighted by molar-refractivity contribution is 0.669. The molecule has 0 saturated heterocycles. The molecule has 2 aromatic heterocycles. The molecule has 0 spiro atoms. The minimum absolute atomic E-state index is 0.902. The average molecular weight is 442 g/mol. The number of furan rings is 1. The van der Waals surface area contributed by atoms with Crippen molar-refractivity contribution in [2.45, 2.75) is 0 Å². The zero-order valence-corrected chi connectivity index (χ0v) is 18.5. The molecule has 0 aliphatic carbocycles.